The van der Waals surface area contributed by atoms with Gasteiger partial charge in [-0.2, -0.15) is 0 Å². The molecular weight excluding hydrogens is 256 g/mol. The molecule has 1 aromatic carbocycles. The molecule has 0 bridgehead atoms. The second-order valence-corrected chi connectivity index (χ2v) is 5.32. The molecule has 3 rings (SSSR count). The number of nitrogens with one attached hydrogen (secondary N) is 1. The Morgan fingerprint density at radius 2 is 2.05 bits per heavy atom. The zero-order valence-corrected chi connectivity index (χ0v) is 11.5. The van der Waals surface area contributed by atoms with Crippen LogP contribution in [0.4, 0.5) is 10.5 Å². The number of fused-ring (bicyclic) bond motifs is 1. The number of hydrogen-bond acceptors (Lipinski definition) is 3. The summed E-state index contributed by atoms with van der Waals surface area (Å²) in [5.41, 5.74) is 0.566. The van der Waals surface area contributed by atoms with Crippen LogP contribution in [0.15, 0.2) is 24.3 Å². The van der Waals surface area contributed by atoms with Crippen LogP contribution in [-0.2, 0) is 4.79 Å². The maximum absolute atomic E-state index is 12.6. The van der Waals surface area contributed by atoms with E-state index in [1.54, 1.807) is 31.4 Å². The lowest BCUT2D eigenvalue weighted by atomic mass is 9.82. The van der Waals surface area contributed by atoms with Crippen LogP contribution in [0.25, 0.3) is 0 Å². The fourth-order valence-electron chi connectivity index (χ4n) is 3.08. The van der Waals surface area contributed by atoms with Crippen molar-refractivity contribution in [3.8, 4) is 5.75 Å². The van der Waals surface area contributed by atoms with E-state index in [-0.39, 0.29) is 23.9 Å². The average Bonchev–Trinajstić information content (AvgIpc) is 2.47. The van der Waals surface area contributed by atoms with Crippen LogP contribution in [0.3, 0.4) is 0 Å². The number of carbonyl (C=O) groups excluding carboxylic acids is 2. The van der Waals surface area contributed by atoms with E-state index in [2.05, 4.69) is 5.32 Å². The van der Waals surface area contributed by atoms with Crippen molar-refractivity contribution in [2.45, 2.75) is 31.7 Å². The highest BCUT2D eigenvalue weighted by atomic mass is 16.5. The maximum Gasteiger partial charge on any atom is 0.328 e. The van der Waals surface area contributed by atoms with Crippen LogP contribution in [0.2, 0.25) is 0 Å². The first kappa shape index (κ1) is 13.0. The molecular formula is C15H18N2O3. The lowest BCUT2D eigenvalue weighted by Crippen LogP contribution is -2.61. The van der Waals surface area contributed by atoms with Gasteiger partial charge in [0.1, 0.15) is 5.75 Å². The standard InChI is InChI=1S/C15H18N2O3/c1-20-11-6-4-5-10(9-11)17-14(18)12-7-2-3-8-13(12)16-15(17)19/h4-6,9,12-13H,2-3,7-8H2,1H3,(H,16,19). The highest BCUT2D eigenvalue weighted by Gasteiger charge is 2.42. The lowest BCUT2D eigenvalue weighted by Gasteiger charge is -2.39. The molecule has 1 aliphatic heterocycles. The highest BCUT2D eigenvalue weighted by molar-refractivity contribution is 6.17. The van der Waals surface area contributed by atoms with Crippen molar-refractivity contribution in [2.75, 3.05) is 12.0 Å². The summed E-state index contributed by atoms with van der Waals surface area (Å²) in [5, 5.41) is 2.96. The fraction of sp³-hybridized carbons (Fsp3) is 0.467. The van der Waals surface area contributed by atoms with Crippen LogP contribution in [-0.4, -0.2) is 25.1 Å². The summed E-state index contributed by atoms with van der Waals surface area (Å²) in [4.78, 5) is 26.1. The third kappa shape index (κ3) is 2.13. The first-order valence-electron chi connectivity index (χ1n) is 6.99. The van der Waals surface area contributed by atoms with E-state index in [0.29, 0.717) is 11.4 Å². The van der Waals surface area contributed by atoms with Crippen LogP contribution >= 0.6 is 0 Å². The van der Waals surface area contributed by atoms with Crippen molar-refractivity contribution in [2.24, 2.45) is 5.92 Å². The van der Waals surface area contributed by atoms with Gasteiger partial charge in [0.15, 0.2) is 0 Å². The Hall–Kier alpha value is -2.04. The Balaban J connectivity index is 1.91. The maximum atomic E-state index is 12.6. The number of methoxy groups -OCH3 is 1. The van der Waals surface area contributed by atoms with Gasteiger partial charge in [-0.1, -0.05) is 18.9 Å². The molecule has 1 aromatic rings. The van der Waals surface area contributed by atoms with Gasteiger partial charge in [-0.05, 0) is 25.0 Å². The first-order valence-corrected chi connectivity index (χ1v) is 6.99. The normalized spacial score (nSPS) is 25.9. The van der Waals surface area contributed by atoms with E-state index in [4.69, 9.17) is 4.74 Å². The summed E-state index contributed by atoms with van der Waals surface area (Å²) in [7, 11) is 1.56. The molecule has 20 heavy (non-hydrogen) atoms. The minimum atomic E-state index is -0.327. The summed E-state index contributed by atoms with van der Waals surface area (Å²) >= 11 is 0. The number of nitrogens with zero attached hydrogens (tertiary/aromatic N) is 1. The van der Waals surface area contributed by atoms with E-state index >= 15 is 0 Å². The van der Waals surface area contributed by atoms with E-state index in [0.717, 1.165) is 25.7 Å². The number of carbonyl (C=O) groups is 2. The summed E-state index contributed by atoms with van der Waals surface area (Å²) < 4.78 is 5.15. The monoisotopic (exact) mass is 274 g/mol. The van der Waals surface area contributed by atoms with E-state index < -0.39 is 0 Å². The van der Waals surface area contributed by atoms with Gasteiger partial charge < -0.3 is 10.1 Å². The predicted molar refractivity (Wildman–Crippen MR) is 74.8 cm³/mol. The zero-order chi connectivity index (χ0) is 14.1. The van der Waals surface area contributed by atoms with Crippen molar-refractivity contribution in [1.29, 1.82) is 0 Å². The topological polar surface area (TPSA) is 58.6 Å². The molecule has 2 aliphatic rings. The molecule has 1 N–H and O–H groups in total. The number of imide groups is 1. The van der Waals surface area contributed by atoms with E-state index in [9.17, 15) is 9.59 Å². The van der Waals surface area contributed by atoms with Gasteiger partial charge in [0.25, 0.3) is 0 Å². The Morgan fingerprint density at radius 3 is 2.85 bits per heavy atom. The molecule has 2 fully saturated rings. The number of amides is 3. The molecule has 2 atom stereocenters. The summed E-state index contributed by atoms with van der Waals surface area (Å²) in [6, 6.07) is 6.71. The molecule has 1 saturated heterocycles. The van der Waals surface area contributed by atoms with Gasteiger partial charge in [0.05, 0.1) is 18.7 Å². The van der Waals surface area contributed by atoms with Crippen molar-refractivity contribution < 1.29 is 14.3 Å². The van der Waals surface area contributed by atoms with Crippen LogP contribution in [0.1, 0.15) is 25.7 Å². The quantitative estimate of drug-likeness (QED) is 0.900. The second-order valence-electron chi connectivity index (χ2n) is 5.32. The van der Waals surface area contributed by atoms with Gasteiger partial charge in [0, 0.05) is 12.1 Å². The zero-order valence-electron chi connectivity index (χ0n) is 11.5. The minimum absolute atomic E-state index is 0.00519. The molecule has 106 valence electrons. The van der Waals surface area contributed by atoms with E-state index in [1.807, 2.05) is 0 Å². The molecule has 1 saturated carbocycles. The van der Waals surface area contributed by atoms with E-state index in [1.165, 1.54) is 4.90 Å². The summed E-state index contributed by atoms with van der Waals surface area (Å²) in [6.45, 7) is 0. The number of anilines is 1. The van der Waals surface area contributed by atoms with Gasteiger partial charge in [-0.3, -0.25) is 4.79 Å². The fourth-order valence-corrected chi connectivity index (χ4v) is 3.08. The van der Waals surface area contributed by atoms with Crippen molar-refractivity contribution in [3.63, 3.8) is 0 Å². The first-order chi connectivity index (χ1) is 9.70. The third-order valence-corrected chi connectivity index (χ3v) is 4.13. The molecule has 1 aliphatic carbocycles. The van der Waals surface area contributed by atoms with Crippen molar-refractivity contribution in [3.05, 3.63) is 24.3 Å². The molecule has 5 heteroatoms. The molecule has 3 amide bonds. The molecule has 2 unspecified atom stereocenters. The largest absolute Gasteiger partial charge is 0.497 e. The molecule has 0 radical (unpaired) electrons. The smallest absolute Gasteiger partial charge is 0.328 e. The Labute approximate surface area is 117 Å². The van der Waals surface area contributed by atoms with Crippen LogP contribution < -0.4 is 15.0 Å². The highest BCUT2D eigenvalue weighted by Crippen LogP contribution is 2.32. The van der Waals surface area contributed by atoms with Gasteiger partial charge in [-0.15, -0.1) is 0 Å². The van der Waals surface area contributed by atoms with Gasteiger partial charge >= 0.3 is 6.03 Å². The average molecular weight is 274 g/mol. The third-order valence-electron chi connectivity index (χ3n) is 4.13. The van der Waals surface area contributed by atoms with Gasteiger partial charge in [-0.25, -0.2) is 9.69 Å². The number of hydrogen-bond donors (Lipinski definition) is 1. The SMILES string of the molecule is COc1cccc(N2C(=O)NC3CCCCC3C2=O)c1. The molecule has 1 heterocycles. The lowest BCUT2D eigenvalue weighted by molar-refractivity contribution is -0.124. The summed E-state index contributed by atoms with van der Waals surface area (Å²) in [6.07, 6.45) is 3.88. The Kier molecular flexibility index (Phi) is 3.34. The second kappa shape index (κ2) is 5.15. The minimum Gasteiger partial charge on any atom is -0.497 e. The van der Waals surface area contributed by atoms with Crippen LogP contribution in [0.5, 0.6) is 5.75 Å². The number of rotatable bonds is 2. The Morgan fingerprint density at radius 1 is 1.25 bits per heavy atom. The van der Waals surface area contributed by atoms with Gasteiger partial charge in [0.2, 0.25) is 5.91 Å². The molecule has 0 aromatic heterocycles. The number of ether oxygens (including phenoxy) is 1. The predicted octanol–water partition coefficient (Wildman–Crippen LogP) is 2.31. The van der Waals surface area contributed by atoms with Crippen molar-refractivity contribution >= 4 is 17.6 Å². The van der Waals surface area contributed by atoms with Crippen LogP contribution in [0, 0.1) is 5.92 Å². The number of urea groups is 1. The molecule has 5 nitrogen and oxygen atoms in total. The summed E-state index contributed by atoms with van der Waals surface area (Å²) in [5.74, 6) is 0.452. The molecule has 0 spiro atoms. The van der Waals surface area contributed by atoms with Crippen molar-refractivity contribution in [1.82, 2.24) is 5.32 Å². The number of benzene rings is 1. The Bertz CT molecular complexity index is 544.